The van der Waals surface area contributed by atoms with Gasteiger partial charge in [-0.05, 0) is 61.3 Å². The summed E-state index contributed by atoms with van der Waals surface area (Å²) in [6, 6.07) is 5.84. The van der Waals surface area contributed by atoms with E-state index in [1.165, 1.54) is 0 Å². The quantitative estimate of drug-likeness (QED) is 0.907. The van der Waals surface area contributed by atoms with Gasteiger partial charge in [0.1, 0.15) is 0 Å². The van der Waals surface area contributed by atoms with Crippen molar-refractivity contribution >= 4 is 21.8 Å². The molecule has 1 saturated heterocycles. The van der Waals surface area contributed by atoms with E-state index in [2.05, 4.69) is 28.2 Å². The smallest absolute Gasteiger partial charge is 0.255 e. The van der Waals surface area contributed by atoms with Gasteiger partial charge in [0.15, 0.2) is 0 Å². The summed E-state index contributed by atoms with van der Waals surface area (Å²) in [4.78, 5) is 14.5. The molecule has 0 aliphatic carbocycles. The van der Waals surface area contributed by atoms with Crippen LogP contribution < -0.4 is 5.32 Å². The van der Waals surface area contributed by atoms with E-state index < -0.39 is 0 Å². The van der Waals surface area contributed by atoms with Crippen molar-refractivity contribution in [3.63, 3.8) is 0 Å². The number of benzene rings is 1. The predicted molar refractivity (Wildman–Crippen MR) is 81.5 cm³/mol. The summed E-state index contributed by atoms with van der Waals surface area (Å²) < 4.78 is 0.918. The van der Waals surface area contributed by atoms with Crippen LogP contribution in [0, 0.1) is 6.92 Å². The minimum atomic E-state index is 0.133. The molecular formula is C15H21BrN2O. The Morgan fingerprint density at radius 3 is 2.58 bits per heavy atom. The summed E-state index contributed by atoms with van der Waals surface area (Å²) >= 11 is 3.52. The maximum atomic E-state index is 12.5. The Hall–Kier alpha value is -0.870. The number of aryl methyl sites for hydroxylation is 1. The first-order chi connectivity index (χ1) is 8.97. The maximum Gasteiger partial charge on any atom is 0.255 e. The number of carbonyl (C=O) groups is 1. The van der Waals surface area contributed by atoms with Gasteiger partial charge < -0.3 is 10.2 Å². The van der Waals surface area contributed by atoms with Crippen LogP contribution in [0.5, 0.6) is 0 Å². The van der Waals surface area contributed by atoms with Gasteiger partial charge in [-0.25, -0.2) is 0 Å². The molecule has 1 aliphatic heterocycles. The molecule has 1 N–H and O–H groups in total. The molecule has 0 unspecified atom stereocenters. The van der Waals surface area contributed by atoms with Gasteiger partial charge in [0.2, 0.25) is 0 Å². The van der Waals surface area contributed by atoms with E-state index in [1.54, 1.807) is 0 Å². The van der Waals surface area contributed by atoms with Gasteiger partial charge in [0.05, 0.1) is 5.56 Å². The summed E-state index contributed by atoms with van der Waals surface area (Å²) in [5.74, 6) is 0.133. The van der Waals surface area contributed by atoms with Gasteiger partial charge in [-0.15, -0.1) is 0 Å². The van der Waals surface area contributed by atoms with Gasteiger partial charge in [0, 0.05) is 23.1 Å². The molecule has 1 amide bonds. The maximum absolute atomic E-state index is 12.5. The fourth-order valence-corrected chi connectivity index (χ4v) is 2.87. The molecule has 0 saturated carbocycles. The third-order valence-corrected chi connectivity index (χ3v) is 5.23. The molecule has 0 bridgehead atoms. The molecule has 0 spiro atoms. The second-order valence-corrected chi connectivity index (χ2v) is 6.33. The Morgan fingerprint density at radius 1 is 1.37 bits per heavy atom. The number of nitrogens with one attached hydrogen (secondary N) is 1. The molecular weight excluding hydrogens is 304 g/mol. The summed E-state index contributed by atoms with van der Waals surface area (Å²) in [5, 5.41) is 3.35. The molecule has 1 fully saturated rings. The van der Waals surface area contributed by atoms with Crippen LogP contribution in [0.25, 0.3) is 0 Å². The lowest BCUT2D eigenvalue weighted by Gasteiger charge is -2.39. The van der Waals surface area contributed by atoms with E-state index in [0.717, 1.165) is 41.5 Å². The highest BCUT2D eigenvalue weighted by atomic mass is 79.9. The molecule has 1 heterocycles. The van der Waals surface area contributed by atoms with Crippen LogP contribution in [-0.4, -0.2) is 36.5 Å². The third-order valence-electron chi connectivity index (χ3n) is 4.18. The normalized spacial score (nSPS) is 18.4. The molecule has 104 valence electrons. The van der Waals surface area contributed by atoms with E-state index in [1.807, 2.05) is 37.1 Å². The van der Waals surface area contributed by atoms with Crippen molar-refractivity contribution in [1.82, 2.24) is 10.2 Å². The lowest BCUT2D eigenvalue weighted by atomic mass is 9.89. The van der Waals surface area contributed by atoms with Crippen molar-refractivity contribution in [2.75, 3.05) is 20.1 Å². The van der Waals surface area contributed by atoms with Gasteiger partial charge in [-0.2, -0.15) is 0 Å². The van der Waals surface area contributed by atoms with Crippen molar-refractivity contribution in [3.05, 3.63) is 33.8 Å². The SMILES string of the molecule is CNC1(C)CCN(C(=O)c2cccc(C)c2Br)CC1. The third kappa shape index (κ3) is 3.00. The molecule has 2 rings (SSSR count). The summed E-state index contributed by atoms with van der Waals surface area (Å²) in [7, 11) is 1.99. The zero-order chi connectivity index (χ0) is 14.0. The number of piperidine rings is 1. The molecule has 0 aromatic heterocycles. The molecule has 1 aromatic carbocycles. The number of hydrogen-bond donors (Lipinski definition) is 1. The summed E-state index contributed by atoms with van der Waals surface area (Å²) in [6.45, 7) is 5.86. The topological polar surface area (TPSA) is 32.3 Å². The molecule has 1 aromatic rings. The lowest BCUT2D eigenvalue weighted by molar-refractivity contribution is 0.0661. The highest BCUT2D eigenvalue weighted by molar-refractivity contribution is 9.10. The highest BCUT2D eigenvalue weighted by Crippen LogP contribution is 2.26. The Balaban J connectivity index is 2.12. The molecule has 19 heavy (non-hydrogen) atoms. The molecule has 0 atom stereocenters. The second-order valence-electron chi connectivity index (χ2n) is 5.54. The Bertz CT molecular complexity index is 479. The number of amides is 1. The van der Waals surface area contributed by atoms with Crippen LogP contribution in [0.15, 0.2) is 22.7 Å². The van der Waals surface area contributed by atoms with E-state index in [4.69, 9.17) is 0 Å². The Kier molecular flexibility index (Phi) is 4.31. The number of halogens is 1. The summed E-state index contributed by atoms with van der Waals surface area (Å²) in [6.07, 6.45) is 2.00. The van der Waals surface area contributed by atoms with E-state index in [9.17, 15) is 4.79 Å². The standard InChI is InChI=1S/C15H21BrN2O/c1-11-5-4-6-12(13(11)16)14(19)18-9-7-15(2,17-3)8-10-18/h4-6,17H,7-10H2,1-3H3. The van der Waals surface area contributed by atoms with Crippen LogP contribution in [0.2, 0.25) is 0 Å². The van der Waals surface area contributed by atoms with Crippen LogP contribution in [0.1, 0.15) is 35.7 Å². The minimum Gasteiger partial charge on any atom is -0.338 e. The number of likely N-dealkylation sites (tertiary alicyclic amines) is 1. The van der Waals surface area contributed by atoms with Gasteiger partial charge in [-0.1, -0.05) is 12.1 Å². The number of nitrogens with zero attached hydrogens (tertiary/aromatic N) is 1. The van der Waals surface area contributed by atoms with Crippen LogP contribution in [0.4, 0.5) is 0 Å². The van der Waals surface area contributed by atoms with E-state index in [-0.39, 0.29) is 11.4 Å². The van der Waals surface area contributed by atoms with E-state index >= 15 is 0 Å². The number of hydrogen-bond acceptors (Lipinski definition) is 2. The largest absolute Gasteiger partial charge is 0.338 e. The Morgan fingerprint density at radius 2 is 2.00 bits per heavy atom. The van der Waals surface area contributed by atoms with Crippen LogP contribution >= 0.6 is 15.9 Å². The fraction of sp³-hybridized carbons (Fsp3) is 0.533. The van der Waals surface area contributed by atoms with Crippen molar-refractivity contribution in [1.29, 1.82) is 0 Å². The predicted octanol–water partition coefficient (Wildman–Crippen LogP) is 2.97. The molecule has 0 radical (unpaired) electrons. The molecule has 3 nitrogen and oxygen atoms in total. The Labute approximate surface area is 123 Å². The van der Waals surface area contributed by atoms with Gasteiger partial charge >= 0.3 is 0 Å². The van der Waals surface area contributed by atoms with Gasteiger partial charge in [0.25, 0.3) is 5.91 Å². The average Bonchev–Trinajstić information content (AvgIpc) is 2.42. The zero-order valence-corrected chi connectivity index (χ0v) is 13.4. The first-order valence-corrected chi connectivity index (χ1v) is 7.49. The number of carbonyl (C=O) groups excluding carboxylic acids is 1. The first-order valence-electron chi connectivity index (χ1n) is 6.70. The van der Waals surface area contributed by atoms with E-state index in [0.29, 0.717) is 0 Å². The number of rotatable bonds is 2. The molecule has 4 heteroatoms. The van der Waals surface area contributed by atoms with Crippen molar-refractivity contribution in [2.45, 2.75) is 32.2 Å². The van der Waals surface area contributed by atoms with Crippen molar-refractivity contribution < 1.29 is 4.79 Å². The monoisotopic (exact) mass is 324 g/mol. The fourth-order valence-electron chi connectivity index (χ4n) is 2.44. The van der Waals surface area contributed by atoms with Crippen LogP contribution in [-0.2, 0) is 0 Å². The second kappa shape index (κ2) is 5.63. The lowest BCUT2D eigenvalue weighted by Crippen LogP contribution is -2.51. The minimum absolute atomic E-state index is 0.133. The van der Waals surface area contributed by atoms with Crippen LogP contribution in [0.3, 0.4) is 0 Å². The first kappa shape index (κ1) is 14.5. The molecule has 1 aliphatic rings. The highest BCUT2D eigenvalue weighted by Gasteiger charge is 2.31. The summed E-state index contributed by atoms with van der Waals surface area (Å²) in [5.41, 5.74) is 2.04. The average molecular weight is 325 g/mol. The zero-order valence-electron chi connectivity index (χ0n) is 11.8. The van der Waals surface area contributed by atoms with Gasteiger partial charge in [-0.3, -0.25) is 4.79 Å². The van der Waals surface area contributed by atoms with Crippen molar-refractivity contribution in [3.8, 4) is 0 Å². The van der Waals surface area contributed by atoms with Crippen molar-refractivity contribution in [2.24, 2.45) is 0 Å².